The van der Waals surface area contributed by atoms with E-state index in [1.165, 1.54) is 28.8 Å². The lowest BCUT2D eigenvalue weighted by Gasteiger charge is -2.11. The van der Waals surface area contributed by atoms with Crippen LogP contribution in [0, 0.1) is 16.0 Å². The Morgan fingerprint density at radius 1 is 1.21 bits per heavy atom. The van der Waals surface area contributed by atoms with E-state index in [0.717, 1.165) is 12.8 Å². The maximum absolute atomic E-state index is 12.6. The summed E-state index contributed by atoms with van der Waals surface area (Å²) in [5.74, 6) is 0.480. The summed E-state index contributed by atoms with van der Waals surface area (Å²) in [7, 11) is 0. The molecule has 0 unspecified atom stereocenters. The Hall–Kier alpha value is -3.76. The molecule has 2 aromatic heterocycles. The van der Waals surface area contributed by atoms with Crippen molar-refractivity contribution in [3.8, 4) is 0 Å². The first kappa shape index (κ1) is 23.9. The fourth-order valence-electron chi connectivity index (χ4n) is 3.61. The lowest BCUT2D eigenvalue weighted by molar-refractivity contribution is -0.384. The first-order valence-corrected chi connectivity index (χ1v) is 11.0. The highest BCUT2D eigenvalue weighted by Crippen LogP contribution is 2.18. The Morgan fingerprint density at radius 3 is 2.52 bits per heavy atom. The molecule has 2 N–H and O–H groups in total. The van der Waals surface area contributed by atoms with Gasteiger partial charge < -0.3 is 9.88 Å². The van der Waals surface area contributed by atoms with Crippen LogP contribution < -0.4 is 16.6 Å². The predicted octanol–water partition coefficient (Wildman–Crippen LogP) is 2.82. The van der Waals surface area contributed by atoms with Crippen molar-refractivity contribution in [2.24, 2.45) is 5.92 Å². The van der Waals surface area contributed by atoms with E-state index in [2.05, 4.69) is 15.3 Å². The summed E-state index contributed by atoms with van der Waals surface area (Å²) in [6.45, 7) is 7.00. The van der Waals surface area contributed by atoms with Crippen LogP contribution in [0.15, 0.2) is 33.9 Å². The van der Waals surface area contributed by atoms with Crippen LogP contribution in [0.3, 0.4) is 0 Å². The molecule has 3 aromatic rings. The van der Waals surface area contributed by atoms with Crippen molar-refractivity contribution in [1.82, 2.24) is 19.1 Å². The van der Waals surface area contributed by atoms with Gasteiger partial charge in [-0.15, -0.1) is 0 Å². The van der Waals surface area contributed by atoms with E-state index in [1.54, 1.807) is 4.57 Å². The molecule has 3 rings (SSSR count). The molecule has 0 aliphatic carbocycles. The minimum atomic E-state index is -0.507. The van der Waals surface area contributed by atoms with Gasteiger partial charge in [0, 0.05) is 43.8 Å². The standard InChI is InChI=1S/C22H28N6O5/c1-4-5-12-26-20-19(21(30)25-22(26)31)27(13-14(2)3)17(24-20)10-11-18(29)23-15-6-8-16(9-7-15)28(32)33/h6-9,14H,4-5,10-13H2,1-3H3,(H,23,29)(H,25,30,31). The van der Waals surface area contributed by atoms with Crippen molar-refractivity contribution in [2.45, 2.75) is 59.5 Å². The number of fused-ring (bicyclic) bond motifs is 1. The minimum absolute atomic E-state index is 0.0604. The van der Waals surface area contributed by atoms with E-state index in [-0.39, 0.29) is 30.4 Å². The number of imidazole rings is 1. The van der Waals surface area contributed by atoms with Crippen molar-refractivity contribution < 1.29 is 9.72 Å². The van der Waals surface area contributed by atoms with Gasteiger partial charge in [-0.2, -0.15) is 0 Å². The number of carbonyl (C=O) groups is 1. The maximum atomic E-state index is 12.6. The van der Waals surface area contributed by atoms with Gasteiger partial charge in [-0.05, 0) is 24.5 Å². The number of nitrogens with one attached hydrogen (secondary N) is 2. The van der Waals surface area contributed by atoms with E-state index in [0.29, 0.717) is 35.8 Å². The number of aryl methyl sites for hydroxylation is 2. The third kappa shape index (κ3) is 5.54. The molecule has 1 amide bonds. The molecule has 0 radical (unpaired) electrons. The normalized spacial score (nSPS) is 11.3. The fraction of sp³-hybridized carbons (Fsp3) is 0.455. The number of amides is 1. The number of unbranched alkanes of at least 4 members (excludes halogenated alkanes) is 1. The van der Waals surface area contributed by atoms with Gasteiger partial charge in [-0.1, -0.05) is 27.2 Å². The van der Waals surface area contributed by atoms with E-state index in [1.807, 2.05) is 20.8 Å². The zero-order valence-electron chi connectivity index (χ0n) is 19.0. The van der Waals surface area contributed by atoms with Gasteiger partial charge in [-0.3, -0.25) is 29.3 Å². The molecule has 0 saturated heterocycles. The number of nitrogens with zero attached hydrogens (tertiary/aromatic N) is 4. The highest BCUT2D eigenvalue weighted by molar-refractivity contribution is 5.90. The maximum Gasteiger partial charge on any atom is 0.330 e. The molecule has 2 heterocycles. The molecule has 0 bridgehead atoms. The topological polar surface area (TPSA) is 145 Å². The van der Waals surface area contributed by atoms with Gasteiger partial charge in [0.2, 0.25) is 5.91 Å². The smallest absolute Gasteiger partial charge is 0.326 e. The van der Waals surface area contributed by atoms with Crippen LogP contribution >= 0.6 is 0 Å². The van der Waals surface area contributed by atoms with Crippen LogP contribution in [-0.2, 0) is 24.3 Å². The minimum Gasteiger partial charge on any atom is -0.326 e. The molecule has 0 atom stereocenters. The first-order valence-electron chi connectivity index (χ1n) is 11.0. The number of H-pyrrole nitrogens is 1. The molecule has 0 fully saturated rings. The van der Waals surface area contributed by atoms with Gasteiger partial charge in [-0.25, -0.2) is 9.78 Å². The Bertz CT molecular complexity index is 1270. The van der Waals surface area contributed by atoms with Crippen molar-refractivity contribution in [3.63, 3.8) is 0 Å². The number of hydrogen-bond donors (Lipinski definition) is 2. The van der Waals surface area contributed by atoms with Crippen molar-refractivity contribution >= 4 is 28.4 Å². The van der Waals surface area contributed by atoms with Crippen LogP contribution in [0.4, 0.5) is 11.4 Å². The Labute approximate surface area is 189 Å². The van der Waals surface area contributed by atoms with Crippen molar-refractivity contribution in [2.75, 3.05) is 5.32 Å². The monoisotopic (exact) mass is 456 g/mol. The molecule has 0 aliphatic heterocycles. The molecule has 33 heavy (non-hydrogen) atoms. The molecule has 0 saturated carbocycles. The van der Waals surface area contributed by atoms with Crippen LogP contribution in [0.2, 0.25) is 0 Å². The van der Waals surface area contributed by atoms with Gasteiger partial charge in [0.25, 0.3) is 11.2 Å². The number of anilines is 1. The summed E-state index contributed by atoms with van der Waals surface area (Å²) >= 11 is 0. The van der Waals surface area contributed by atoms with E-state index in [4.69, 9.17) is 0 Å². The summed E-state index contributed by atoms with van der Waals surface area (Å²) in [6, 6.07) is 5.57. The SMILES string of the molecule is CCCCn1c(=O)[nH]c(=O)c2c1nc(CCC(=O)Nc1ccc([N+](=O)[O-])cc1)n2CC(C)C. The Kier molecular flexibility index (Phi) is 7.41. The molecule has 176 valence electrons. The number of benzene rings is 1. The van der Waals surface area contributed by atoms with Gasteiger partial charge in [0.15, 0.2) is 11.2 Å². The average Bonchev–Trinajstić information content (AvgIpc) is 3.10. The summed E-state index contributed by atoms with van der Waals surface area (Å²) in [6.07, 6.45) is 2.01. The largest absolute Gasteiger partial charge is 0.330 e. The number of aromatic amines is 1. The van der Waals surface area contributed by atoms with Gasteiger partial charge in [0.05, 0.1) is 4.92 Å². The highest BCUT2D eigenvalue weighted by atomic mass is 16.6. The summed E-state index contributed by atoms with van der Waals surface area (Å²) in [5, 5.41) is 13.5. The highest BCUT2D eigenvalue weighted by Gasteiger charge is 2.20. The molecule has 11 nitrogen and oxygen atoms in total. The summed E-state index contributed by atoms with van der Waals surface area (Å²) in [4.78, 5) is 54.8. The number of rotatable bonds is 10. The first-order chi connectivity index (χ1) is 15.7. The fourth-order valence-corrected chi connectivity index (χ4v) is 3.61. The number of hydrogen-bond acceptors (Lipinski definition) is 6. The number of nitro groups is 1. The summed E-state index contributed by atoms with van der Waals surface area (Å²) in [5.41, 5.74) is 0.0878. The average molecular weight is 457 g/mol. The van der Waals surface area contributed by atoms with E-state index >= 15 is 0 Å². The second-order valence-corrected chi connectivity index (χ2v) is 8.32. The Morgan fingerprint density at radius 2 is 1.91 bits per heavy atom. The molecule has 0 aliphatic rings. The second kappa shape index (κ2) is 10.2. The number of non-ortho nitro benzene ring substituents is 1. The van der Waals surface area contributed by atoms with E-state index < -0.39 is 16.2 Å². The van der Waals surface area contributed by atoms with Crippen LogP contribution in [-0.4, -0.2) is 29.9 Å². The third-order valence-corrected chi connectivity index (χ3v) is 5.19. The third-order valence-electron chi connectivity index (χ3n) is 5.19. The van der Waals surface area contributed by atoms with Gasteiger partial charge >= 0.3 is 5.69 Å². The van der Waals surface area contributed by atoms with Crippen LogP contribution in [0.5, 0.6) is 0 Å². The quantitative estimate of drug-likeness (QED) is 0.354. The molecule has 0 spiro atoms. The number of nitro benzene ring substituents is 1. The van der Waals surface area contributed by atoms with Crippen LogP contribution in [0.25, 0.3) is 11.2 Å². The Balaban J connectivity index is 1.87. The summed E-state index contributed by atoms with van der Waals surface area (Å²) < 4.78 is 3.28. The number of aromatic nitrogens is 4. The van der Waals surface area contributed by atoms with Crippen molar-refractivity contribution in [1.29, 1.82) is 0 Å². The van der Waals surface area contributed by atoms with Crippen molar-refractivity contribution in [3.05, 3.63) is 61.0 Å². The molecule has 1 aromatic carbocycles. The number of carbonyl (C=O) groups excluding carboxylic acids is 1. The molecular weight excluding hydrogens is 428 g/mol. The zero-order valence-corrected chi connectivity index (χ0v) is 19.0. The molecular formula is C22H28N6O5. The lowest BCUT2D eigenvalue weighted by Crippen LogP contribution is -2.31. The van der Waals surface area contributed by atoms with Gasteiger partial charge in [0.1, 0.15) is 5.82 Å². The van der Waals surface area contributed by atoms with Crippen LogP contribution in [0.1, 0.15) is 45.9 Å². The second-order valence-electron chi connectivity index (χ2n) is 8.32. The predicted molar refractivity (Wildman–Crippen MR) is 124 cm³/mol. The molecule has 11 heteroatoms. The zero-order chi connectivity index (χ0) is 24.1. The lowest BCUT2D eigenvalue weighted by atomic mass is 10.2. The van der Waals surface area contributed by atoms with E-state index in [9.17, 15) is 24.5 Å².